The van der Waals surface area contributed by atoms with E-state index in [2.05, 4.69) is 10.3 Å². The molecule has 0 aliphatic rings. The maximum absolute atomic E-state index is 11.9. The third kappa shape index (κ3) is 2.69. The Morgan fingerprint density at radius 2 is 1.88 bits per heavy atom. The molecule has 1 aromatic carbocycles. The van der Waals surface area contributed by atoms with Gasteiger partial charge in [0.2, 0.25) is 0 Å². The van der Waals surface area contributed by atoms with Crippen LogP contribution in [0.2, 0.25) is 0 Å². The third-order valence-electron chi connectivity index (χ3n) is 2.48. The second-order valence-electron chi connectivity index (χ2n) is 4.00. The molecule has 0 saturated carbocycles. The van der Waals surface area contributed by atoms with Gasteiger partial charge in [0.15, 0.2) is 0 Å². The Balaban J connectivity index is 2.19. The predicted octanol–water partition coefficient (Wildman–Crippen LogP) is 2.95. The first kappa shape index (κ1) is 11.3. The molecule has 1 N–H and O–H groups in total. The van der Waals surface area contributed by atoms with Crippen LogP contribution in [-0.2, 0) is 0 Å². The zero-order chi connectivity index (χ0) is 12.3. The molecule has 2 aromatic rings. The third-order valence-corrected chi connectivity index (χ3v) is 2.48. The Morgan fingerprint density at radius 3 is 2.53 bits per heavy atom. The van der Waals surface area contributed by atoms with E-state index in [0.29, 0.717) is 11.4 Å². The van der Waals surface area contributed by atoms with Crippen LogP contribution >= 0.6 is 0 Å². The van der Waals surface area contributed by atoms with Gasteiger partial charge in [0.25, 0.3) is 5.91 Å². The van der Waals surface area contributed by atoms with Crippen LogP contribution in [0.4, 0.5) is 5.82 Å². The summed E-state index contributed by atoms with van der Waals surface area (Å²) in [5.41, 5.74) is 2.68. The molecule has 0 fully saturated rings. The van der Waals surface area contributed by atoms with Crippen LogP contribution in [0, 0.1) is 13.8 Å². The van der Waals surface area contributed by atoms with Crippen LogP contribution in [-0.4, -0.2) is 10.9 Å². The molecule has 3 nitrogen and oxygen atoms in total. The Hall–Kier alpha value is -2.16. The molecule has 0 spiro atoms. The fraction of sp³-hybridized carbons (Fsp3) is 0.143. The second kappa shape index (κ2) is 4.78. The van der Waals surface area contributed by atoms with Gasteiger partial charge in [0.05, 0.1) is 0 Å². The number of aromatic nitrogens is 1. The number of nitrogens with zero attached hydrogens (tertiary/aromatic N) is 1. The molecule has 0 aliphatic heterocycles. The van der Waals surface area contributed by atoms with E-state index in [1.54, 1.807) is 18.3 Å². The van der Waals surface area contributed by atoms with E-state index in [0.717, 1.165) is 11.1 Å². The van der Waals surface area contributed by atoms with Crippen LogP contribution in [0.15, 0.2) is 42.6 Å². The van der Waals surface area contributed by atoms with Gasteiger partial charge < -0.3 is 5.32 Å². The number of rotatable bonds is 2. The number of amides is 1. The van der Waals surface area contributed by atoms with Gasteiger partial charge in [-0.2, -0.15) is 0 Å². The Morgan fingerprint density at radius 1 is 1.18 bits per heavy atom. The molecule has 2 rings (SSSR count). The molecule has 3 heteroatoms. The summed E-state index contributed by atoms with van der Waals surface area (Å²) in [5, 5.41) is 2.80. The van der Waals surface area contributed by atoms with Gasteiger partial charge in [-0.15, -0.1) is 0 Å². The van der Waals surface area contributed by atoms with Gasteiger partial charge in [-0.3, -0.25) is 4.79 Å². The van der Waals surface area contributed by atoms with Crippen molar-refractivity contribution in [2.75, 3.05) is 5.32 Å². The number of anilines is 1. The van der Waals surface area contributed by atoms with Crippen molar-refractivity contribution in [3.05, 3.63) is 59.3 Å². The van der Waals surface area contributed by atoms with Crippen molar-refractivity contribution < 1.29 is 4.79 Å². The average Bonchev–Trinajstić information content (AvgIpc) is 2.34. The standard InChI is InChI=1S/C14H14N2O/c1-10-8-11(2)13(15-9-10)16-14(17)12-6-4-3-5-7-12/h3-9H,1-2H3,(H,15,16,17). The molecular weight excluding hydrogens is 212 g/mol. The summed E-state index contributed by atoms with van der Waals surface area (Å²) in [4.78, 5) is 16.1. The first-order valence-electron chi connectivity index (χ1n) is 5.46. The van der Waals surface area contributed by atoms with E-state index < -0.39 is 0 Å². The summed E-state index contributed by atoms with van der Waals surface area (Å²) in [6.45, 7) is 3.91. The highest BCUT2D eigenvalue weighted by atomic mass is 16.1. The minimum absolute atomic E-state index is 0.134. The topological polar surface area (TPSA) is 42.0 Å². The maximum Gasteiger partial charge on any atom is 0.256 e. The summed E-state index contributed by atoms with van der Waals surface area (Å²) in [7, 11) is 0. The number of carbonyl (C=O) groups excluding carboxylic acids is 1. The van der Waals surface area contributed by atoms with Crippen molar-refractivity contribution >= 4 is 11.7 Å². The number of hydrogen-bond donors (Lipinski definition) is 1. The highest BCUT2D eigenvalue weighted by Crippen LogP contribution is 2.13. The molecule has 1 aromatic heterocycles. The minimum atomic E-state index is -0.134. The summed E-state index contributed by atoms with van der Waals surface area (Å²) in [6, 6.07) is 11.1. The van der Waals surface area contributed by atoms with E-state index >= 15 is 0 Å². The summed E-state index contributed by atoms with van der Waals surface area (Å²) in [6.07, 6.45) is 1.74. The lowest BCUT2D eigenvalue weighted by atomic mass is 10.2. The van der Waals surface area contributed by atoms with Gasteiger partial charge in [0.1, 0.15) is 5.82 Å². The van der Waals surface area contributed by atoms with Gasteiger partial charge in [-0.25, -0.2) is 4.98 Å². The van der Waals surface area contributed by atoms with E-state index in [9.17, 15) is 4.79 Å². The first-order chi connectivity index (χ1) is 8.16. The Kier molecular flexibility index (Phi) is 3.19. The van der Waals surface area contributed by atoms with Crippen molar-refractivity contribution in [2.24, 2.45) is 0 Å². The van der Waals surface area contributed by atoms with Gasteiger partial charge in [-0.1, -0.05) is 24.3 Å². The van der Waals surface area contributed by atoms with E-state index in [1.807, 2.05) is 38.1 Å². The number of aryl methyl sites for hydroxylation is 2. The quantitative estimate of drug-likeness (QED) is 0.855. The van der Waals surface area contributed by atoms with Crippen molar-refractivity contribution in [1.29, 1.82) is 0 Å². The monoisotopic (exact) mass is 226 g/mol. The molecule has 0 aliphatic carbocycles. The zero-order valence-electron chi connectivity index (χ0n) is 9.90. The van der Waals surface area contributed by atoms with Crippen molar-refractivity contribution in [3.8, 4) is 0 Å². The second-order valence-corrected chi connectivity index (χ2v) is 4.00. The fourth-order valence-corrected chi connectivity index (χ4v) is 1.62. The Labute approximate surface area is 101 Å². The van der Waals surface area contributed by atoms with E-state index in [1.165, 1.54) is 0 Å². The highest BCUT2D eigenvalue weighted by Gasteiger charge is 2.07. The largest absolute Gasteiger partial charge is 0.306 e. The molecule has 86 valence electrons. The molecule has 0 radical (unpaired) electrons. The van der Waals surface area contributed by atoms with Crippen LogP contribution in [0.25, 0.3) is 0 Å². The molecule has 0 unspecified atom stereocenters. The Bertz CT molecular complexity index is 535. The summed E-state index contributed by atoms with van der Waals surface area (Å²) in [5.74, 6) is 0.481. The van der Waals surface area contributed by atoms with Gasteiger partial charge in [-0.05, 0) is 37.1 Å². The molecule has 0 bridgehead atoms. The van der Waals surface area contributed by atoms with Crippen LogP contribution in [0.3, 0.4) is 0 Å². The predicted molar refractivity (Wildman–Crippen MR) is 68.1 cm³/mol. The fourth-order valence-electron chi connectivity index (χ4n) is 1.62. The average molecular weight is 226 g/mol. The van der Waals surface area contributed by atoms with Crippen molar-refractivity contribution in [2.45, 2.75) is 13.8 Å². The van der Waals surface area contributed by atoms with Crippen molar-refractivity contribution in [3.63, 3.8) is 0 Å². The maximum atomic E-state index is 11.9. The normalized spacial score (nSPS) is 10.0. The smallest absolute Gasteiger partial charge is 0.256 e. The van der Waals surface area contributed by atoms with Gasteiger partial charge >= 0.3 is 0 Å². The first-order valence-corrected chi connectivity index (χ1v) is 5.46. The van der Waals surface area contributed by atoms with Crippen LogP contribution in [0.5, 0.6) is 0 Å². The molecule has 0 atom stereocenters. The number of carbonyl (C=O) groups is 1. The van der Waals surface area contributed by atoms with Gasteiger partial charge in [0, 0.05) is 11.8 Å². The van der Waals surface area contributed by atoms with Crippen LogP contribution in [0.1, 0.15) is 21.5 Å². The summed E-state index contributed by atoms with van der Waals surface area (Å²) < 4.78 is 0. The highest BCUT2D eigenvalue weighted by molar-refractivity contribution is 6.04. The molecule has 1 heterocycles. The summed E-state index contributed by atoms with van der Waals surface area (Å²) >= 11 is 0. The lowest BCUT2D eigenvalue weighted by molar-refractivity contribution is 0.102. The SMILES string of the molecule is Cc1cnc(NC(=O)c2ccccc2)c(C)c1. The lowest BCUT2D eigenvalue weighted by Crippen LogP contribution is -2.13. The molecule has 17 heavy (non-hydrogen) atoms. The molecular formula is C14H14N2O. The number of hydrogen-bond acceptors (Lipinski definition) is 2. The number of benzene rings is 1. The van der Waals surface area contributed by atoms with Crippen molar-refractivity contribution in [1.82, 2.24) is 4.98 Å². The van der Waals surface area contributed by atoms with Crippen LogP contribution < -0.4 is 5.32 Å². The molecule has 1 amide bonds. The zero-order valence-corrected chi connectivity index (χ0v) is 9.90. The minimum Gasteiger partial charge on any atom is -0.306 e. The number of pyridine rings is 1. The number of nitrogens with one attached hydrogen (secondary N) is 1. The van der Waals surface area contributed by atoms with E-state index in [-0.39, 0.29) is 5.91 Å². The molecule has 0 saturated heterocycles. The lowest BCUT2D eigenvalue weighted by Gasteiger charge is -2.07. The van der Waals surface area contributed by atoms with E-state index in [4.69, 9.17) is 0 Å².